The van der Waals surface area contributed by atoms with Crippen LogP contribution in [0.2, 0.25) is 0 Å². The Balaban J connectivity index is 0.000000280. The number of alkyl halides is 1. The molecule has 1 aromatic rings. The van der Waals surface area contributed by atoms with E-state index in [0.29, 0.717) is 16.5 Å². The maximum atomic E-state index is 12.0. The summed E-state index contributed by atoms with van der Waals surface area (Å²) >= 11 is 7.85. The van der Waals surface area contributed by atoms with Gasteiger partial charge in [0.05, 0.1) is 16.5 Å². The summed E-state index contributed by atoms with van der Waals surface area (Å²) in [5.41, 5.74) is 0. The SMILES string of the molecule is CCC(C)Br.[O-][N+]1(c2ncc(Br)s2)CNCC1O. The molecule has 1 aliphatic rings. The predicted molar refractivity (Wildman–Crippen MR) is 82.5 cm³/mol. The molecule has 2 heterocycles. The van der Waals surface area contributed by atoms with Crippen molar-refractivity contribution in [2.24, 2.45) is 0 Å². The molecule has 1 fully saturated rings. The highest BCUT2D eigenvalue weighted by atomic mass is 79.9. The summed E-state index contributed by atoms with van der Waals surface area (Å²) in [7, 11) is 0. The molecule has 0 aromatic carbocycles. The van der Waals surface area contributed by atoms with Crippen molar-refractivity contribution < 1.29 is 5.11 Å². The van der Waals surface area contributed by atoms with Crippen molar-refractivity contribution in [3.8, 4) is 0 Å². The third kappa shape index (κ3) is 4.22. The number of halogens is 2. The molecule has 3 unspecified atom stereocenters. The zero-order chi connectivity index (χ0) is 13.8. The minimum Gasteiger partial charge on any atom is -0.623 e. The maximum Gasteiger partial charge on any atom is 0.290 e. The smallest absolute Gasteiger partial charge is 0.290 e. The maximum absolute atomic E-state index is 12.0. The van der Waals surface area contributed by atoms with Crippen molar-refractivity contribution in [1.29, 1.82) is 0 Å². The van der Waals surface area contributed by atoms with Crippen LogP contribution in [0.25, 0.3) is 0 Å². The summed E-state index contributed by atoms with van der Waals surface area (Å²) in [6, 6.07) is 0. The van der Waals surface area contributed by atoms with Gasteiger partial charge in [0.15, 0.2) is 0 Å². The van der Waals surface area contributed by atoms with Crippen LogP contribution in [0.1, 0.15) is 20.3 Å². The summed E-state index contributed by atoms with van der Waals surface area (Å²) in [6.45, 7) is 4.79. The van der Waals surface area contributed by atoms with E-state index in [4.69, 9.17) is 0 Å². The molecule has 8 heteroatoms. The van der Waals surface area contributed by atoms with Crippen molar-refractivity contribution >= 4 is 48.3 Å². The van der Waals surface area contributed by atoms with E-state index in [1.807, 2.05) is 0 Å². The van der Waals surface area contributed by atoms with E-state index in [2.05, 4.69) is 56.0 Å². The van der Waals surface area contributed by atoms with Crippen molar-refractivity contribution in [3.63, 3.8) is 0 Å². The van der Waals surface area contributed by atoms with E-state index < -0.39 is 10.9 Å². The number of hydrogen-bond acceptors (Lipinski definition) is 5. The highest BCUT2D eigenvalue weighted by Gasteiger charge is 2.37. The normalized spacial score (nSPS) is 28.7. The Bertz CT molecular complexity index is 378. The molecule has 0 spiro atoms. The lowest BCUT2D eigenvalue weighted by atomic mass is 10.4. The van der Waals surface area contributed by atoms with E-state index in [1.165, 1.54) is 17.8 Å². The fourth-order valence-electron chi connectivity index (χ4n) is 1.23. The first kappa shape index (κ1) is 16.5. The van der Waals surface area contributed by atoms with E-state index in [1.54, 1.807) is 6.20 Å². The third-order valence-electron chi connectivity index (χ3n) is 2.51. The molecule has 0 radical (unpaired) electrons. The first-order chi connectivity index (χ1) is 8.40. The van der Waals surface area contributed by atoms with Crippen LogP contribution in [-0.4, -0.2) is 34.4 Å². The van der Waals surface area contributed by atoms with Gasteiger partial charge in [-0.2, -0.15) is 4.98 Å². The second kappa shape index (κ2) is 7.28. The monoisotopic (exact) mass is 401 g/mol. The minimum absolute atomic E-state index is 0.182. The number of β-amino-alcohol motifs (C(OH)–C–C–N with tert-alkyl or cyclic N) is 1. The van der Waals surface area contributed by atoms with Crippen LogP contribution in [-0.2, 0) is 0 Å². The lowest BCUT2D eigenvalue weighted by Gasteiger charge is -2.36. The van der Waals surface area contributed by atoms with Gasteiger partial charge in [-0.25, -0.2) is 0 Å². The lowest BCUT2D eigenvalue weighted by Crippen LogP contribution is -2.48. The Morgan fingerprint density at radius 3 is 2.72 bits per heavy atom. The number of nitrogens with zero attached hydrogens (tertiary/aromatic N) is 2. The van der Waals surface area contributed by atoms with Crippen molar-refractivity contribution in [1.82, 2.24) is 14.9 Å². The molecule has 2 rings (SSSR count). The van der Waals surface area contributed by atoms with Crippen LogP contribution in [0, 0.1) is 5.21 Å². The Labute approximate surface area is 128 Å². The number of rotatable bonds is 2. The van der Waals surface area contributed by atoms with Gasteiger partial charge >= 0.3 is 0 Å². The quantitative estimate of drug-likeness (QED) is 0.453. The van der Waals surface area contributed by atoms with Crippen molar-refractivity contribution in [3.05, 3.63) is 15.2 Å². The van der Waals surface area contributed by atoms with E-state index >= 15 is 0 Å². The molecule has 0 saturated carbocycles. The molecule has 0 bridgehead atoms. The third-order valence-corrected chi connectivity index (χ3v) is 4.74. The molecule has 3 atom stereocenters. The summed E-state index contributed by atoms with van der Waals surface area (Å²) in [5.74, 6) is 0. The van der Waals surface area contributed by atoms with E-state index in [-0.39, 0.29) is 6.67 Å². The predicted octanol–water partition coefficient (Wildman–Crippen LogP) is 2.77. The minimum atomic E-state index is -0.946. The molecule has 0 amide bonds. The molecular weight excluding hydrogens is 386 g/mol. The lowest BCUT2D eigenvalue weighted by molar-refractivity contribution is 0.0850. The Morgan fingerprint density at radius 2 is 2.39 bits per heavy atom. The molecule has 1 saturated heterocycles. The molecule has 18 heavy (non-hydrogen) atoms. The highest BCUT2D eigenvalue weighted by Crippen LogP contribution is 2.33. The van der Waals surface area contributed by atoms with Gasteiger partial charge in [0.1, 0.15) is 6.67 Å². The van der Waals surface area contributed by atoms with Crippen LogP contribution in [0.4, 0.5) is 5.13 Å². The van der Waals surface area contributed by atoms with Crippen LogP contribution >= 0.6 is 43.2 Å². The van der Waals surface area contributed by atoms with Crippen LogP contribution < -0.4 is 9.96 Å². The van der Waals surface area contributed by atoms with Gasteiger partial charge in [-0.15, -0.1) is 0 Å². The molecule has 1 aliphatic heterocycles. The summed E-state index contributed by atoms with van der Waals surface area (Å²) in [6.07, 6.45) is 1.85. The second-order valence-corrected chi connectivity index (χ2v) is 7.98. The summed E-state index contributed by atoms with van der Waals surface area (Å²) in [5, 5.41) is 24.7. The number of thiazole rings is 1. The Morgan fingerprint density at radius 1 is 1.78 bits per heavy atom. The fraction of sp³-hybridized carbons (Fsp3) is 0.700. The van der Waals surface area contributed by atoms with Crippen LogP contribution in [0.15, 0.2) is 9.98 Å². The molecule has 104 valence electrons. The number of quaternary nitrogens is 1. The average molecular weight is 403 g/mol. The number of hydroxylamine groups is 2. The molecule has 5 nitrogen and oxygen atoms in total. The molecular formula is C10H17Br2N3O2S. The molecule has 2 N–H and O–H groups in total. The van der Waals surface area contributed by atoms with Gasteiger partial charge < -0.3 is 10.3 Å². The van der Waals surface area contributed by atoms with Gasteiger partial charge in [-0.3, -0.25) is 9.96 Å². The number of aliphatic hydroxyl groups is 1. The number of nitrogens with one attached hydrogen (secondary N) is 1. The van der Waals surface area contributed by atoms with Gasteiger partial charge in [0, 0.05) is 4.83 Å². The van der Waals surface area contributed by atoms with Gasteiger partial charge in [0.2, 0.25) is 6.23 Å². The molecule has 0 aliphatic carbocycles. The zero-order valence-corrected chi connectivity index (χ0v) is 14.3. The van der Waals surface area contributed by atoms with Crippen molar-refractivity contribution in [2.45, 2.75) is 31.3 Å². The van der Waals surface area contributed by atoms with Gasteiger partial charge in [-0.1, -0.05) is 29.8 Å². The zero-order valence-electron chi connectivity index (χ0n) is 10.3. The van der Waals surface area contributed by atoms with Gasteiger partial charge in [-0.05, 0) is 33.7 Å². The number of aliphatic hydroxyl groups excluding tert-OH is 1. The Hall–Kier alpha value is 0.430. The van der Waals surface area contributed by atoms with Gasteiger partial charge in [0.25, 0.3) is 5.13 Å². The summed E-state index contributed by atoms with van der Waals surface area (Å²) in [4.78, 5) is 4.65. The standard InChI is InChI=1S/C6H8BrN3O2S.C4H9Br/c7-4-1-9-6(13-4)10(12)3-8-2-5(10)11;1-3-4(2)5/h1,5,8,11H,2-3H2;4H,3H2,1-2H3. The highest BCUT2D eigenvalue weighted by molar-refractivity contribution is 9.11. The fourth-order valence-corrected chi connectivity index (χ4v) is 2.49. The topological polar surface area (TPSA) is 68.2 Å². The van der Waals surface area contributed by atoms with Crippen LogP contribution in [0.5, 0.6) is 0 Å². The number of aromatic nitrogens is 1. The Kier molecular flexibility index (Phi) is 6.66. The van der Waals surface area contributed by atoms with Crippen LogP contribution in [0.3, 0.4) is 0 Å². The number of hydrogen-bond donors (Lipinski definition) is 2. The first-order valence-electron chi connectivity index (χ1n) is 5.63. The first-order valence-corrected chi connectivity index (χ1v) is 8.16. The summed E-state index contributed by atoms with van der Waals surface area (Å²) < 4.78 is 0.0194. The van der Waals surface area contributed by atoms with E-state index in [0.717, 1.165) is 3.79 Å². The van der Waals surface area contributed by atoms with Crippen molar-refractivity contribution in [2.75, 3.05) is 13.2 Å². The average Bonchev–Trinajstić information content (AvgIpc) is 2.89. The second-order valence-electron chi connectivity index (χ2n) is 4.02. The van der Waals surface area contributed by atoms with E-state index in [9.17, 15) is 10.3 Å². The largest absolute Gasteiger partial charge is 0.623 e. The molecule has 1 aromatic heterocycles.